The number of nitrogens with zero attached hydrogens (tertiary/aromatic N) is 2. The summed E-state index contributed by atoms with van der Waals surface area (Å²) in [4.78, 5) is 14.3. The normalized spacial score (nSPS) is 11.6. The molecular formula is C23H26F2N4O. The van der Waals surface area contributed by atoms with Crippen LogP contribution in [0.3, 0.4) is 0 Å². The van der Waals surface area contributed by atoms with Crippen molar-refractivity contribution in [1.82, 2.24) is 15.1 Å². The molecule has 0 aliphatic rings. The number of fused-ring (bicyclic) bond motifs is 1. The average molecular weight is 412 g/mol. The van der Waals surface area contributed by atoms with E-state index < -0.39 is 5.82 Å². The van der Waals surface area contributed by atoms with Gasteiger partial charge in [-0.2, -0.15) is 5.10 Å². The second-order valence-electron chi connectivity index (χ2n) is 7.50. The molecule has 0 saturated heterocycles. The Morgan fingerprint density at radius 1 is 1.10 bits per heavy atom. The van der Waals surface area contributed by atoms with Crippen LogP contribution in [-0.2, 0) is 4.79 Å². The summed E-state index contributed by atoms with van der Waals surface area (Å²) in [6, 6.07) is 9.26. The Balaban J connectivity index is 1.69. The first-order valence-electron chi connectivity index (χ1n) is 9.99. The molecule has 0 spiro atoms. The van der Waals surface area contributed by atoms with Crippen LogP contribution < -0.4 is 5.32 Å². The lowest BCUT2D eigenvalue weighted by Gasteiger charge is -2.09. The van der Waals surface area contributed by atoms with Gasteiger partial charge in [0.1, 0.15) is 11.6 Å². The molecular weight excluding hydrogens is 386 g/mol. The molecule has 0 unspecified atom stereocenters. The largest absolute Gasteiger partial charge is 0.324 e. The van der Waals surface area contributed by atoms with Crippen LogP contribution in [0.1, 0.15) is 36.9 Å². The van der Waals surface area contributed by atoms with Gasteiger partial charge in [-0.3, -0.25) is 9.89 Å². The van der Waals surface area contributed by atoms with Gasteiger partial charge in [0.15, 0.2) is 0 Å². The van der Waals surface area contributed by atoms with Crippen molar-refractivity contribution in [3.8, 4) is 0 Å². The van der Waals surface area contributed by atoms with Gasteiger partial charge in [-0.15, -0.1) is 0 Å². The number of unbranched alkanes of at least 4 members (excludes halogenated alkanes) is 2. The third-order valence-electron chi connectivity index (χ3n) is 4.79. The molecule has 158 valence electrons. The minimum absolute atomic E-state index is 0.114. The Morgan fingerprint density at radius 2 is 1.90 bits per heavy atom. The fraction of sp³-hybridized carbons (Fsp3) is 0.304. The highest BCUT2D eigenvalue weighted by Gasteiger charge is 2.12. The fourth-order valence-corrected chi connectivity index (χ4v) is 3.16. The number of carbonyl (C=O) groups is 1. The zero-order chi connectivity index (χ0) is 21.5. The smallest absolute Gasteiger partial charge is 0.224 e. The van der Waals surface area contributed by atoms with E-state index in [1.165, 1.54) is 12.1 Å². The van der Waals surface area contributed by atoms with Crippen molar-refractivity contribution >= 4 is 34.6 Å². The number of nitrogens with one attached hydrogen (secondary N) is 2. The zero-order valence-corrected chi connectivity index (χ0v) is 17.2. The SMILES string of the molecule is CN(C)CCCCCC(=O)Nc1cc2c(/C=C/c3ccccc3F)n[nH]c2cc1F. The van der Waals surface area contributed by atoms with E-state index in [1.807, 2.05) is 14.1 Å². The number of aromatic amines is 1. The first kappa shape index (κ1) is 21.6. The summed E-state index contributed by atoms with van der Waals surface area (Å²) >= 11 is 0. The van der Waals surface area contributed by atoms with Crippen molar-refractivity contribution in [2.75, 3.05) is 26.0 Å². The first-order chi connectivity index (χ1) is 14.4. The van der Waals surface area contributed by atoms with Crippen molar-refractivity contribution in [1.29, 1.82) is 0 Å². The first-order valence-corrected chi connectivity index (χ1v) is 9.99. The van der Waals surface area contributed by atoms with E-state index in [2.05, 4.69) is 20.4 Å². The summed E-state index contributed by atoms with van der Waals surface area (Å²) in [6.45, 7) is 0.983. The van der Waals surface area contributed by atoms with Crippen LogP contribution in [0.5, 0.6) is 0 Å². The minimum Gasteiger partial charge on any atom is -0.324 e. The number of halogens is 2. The van der Waals surface area contributed by atoms with E-state index in [-0.39, 0.29) is 17.4 Å². The lowest BCUT2D eigenvalue weighted by atomic mass is 10.1. The van der Waals surface area contributed by atoms with E-state index >= 15 is 0 Å². The summed E-state index contributed by atoms with van der Waals surface area (Å²) < 4.78 is 28.2. The third-order valence-corrected chi connectivity index (χ3v) is 4.79. The number of carbonyl (C=O) groups excluding carboxylic acids is 1. The number of hydrogen-bond acceptors (Lipinski definition) is 3. The number of hydrogen-bond donors (Lipinski definition) is 2. The number of benzene rings is 2. The summed E-state index contributed by atoms with van der Waals surface area (Å²) in [7, 11) is 4.03. The molecule has 0 fully saturated rings. The molecule has 7 heteroatoms. The number of H-pyrrole nitrogens is 1. The number of aromatic nitrogens is 2. The van der Waals surface area contributed by atoms with E-state index in [1.54, 1.807) is 36.4 Å². The second kappa shape index (κ2) is 10.1. The fourth-order valence-electron chi connectivity index (χ4n) is 3.16. The summed E-state index contributed by atoms with van der Waals surface area (Å²) in [6.07, 6.45) is 6.33. The molecule has 0 bridgehead atoms. The molecule has 3 rings (SSSR count). The molecule has 3 aromatic rings. The minimum atomic E-state index is -0.531. The molecule has 2 N–H and O–H groups in total. The van der Waals surface area contributed by atoms with Crippen molar-refractivity contribution in [3.63, 3.8) is 0 Å². The molecule has 0 aliphatic heterocycles. The molecule has 0 atom stereocenters. The standard InChI is InChI=1S/C23H26F2N4O/c1-29(2)13-7-3-4-10-23(30)26-22-14-17-20(27-28-21(17)15-19(22)25)12-11-16-8-5-6-9-18(16)24/h5-6,8-9,11-12,14-15H,3-4,7,10,13H2,1-2H3,(H,26,30)(H,27,28)/b12-11+. The van der Waals surface area contributed by atoms with Crippen molar-refractivity contribution in [3.05, 3.63) is 59.3 Å². The van der Waals surface area contributed by atoms with Crippen molar-refractivity contribution < 1.29 is 13.6 Å². The van der Waals surface area contributed by atoms with Gasteiger partial charge in [-0.1, -0.05) is 24.6 Å². The van der Waals surface area contributed by atoms with Crippen molar-refractivity contribution in [2.45, 2.75) is 25.7 Å². The Bertz CT molecular complexity index is 1040. The van der Waals surface area contributed by atoms with E-state index in [9.17, 15) is 13.6 Å². The number of rotatable bonds is 9. The lowest BCUT2D eigenvalue weighted by Crippen LogP contribution is -2.14. The van der Waals surface area contributed by atoms with Gasteiger partial charge in [0.2, 0.25) is 5.91 Å². The molecule has 1 heterocycles. The molecule has 0 aliphatic carbocycles. The van der Waals surface area contributed by atoms with Crippen molar-refractivity contribution in [2.24, 2.45) is 0 Å². The highest BCUT2D eigenvalue weighted by atomic mass is 19.1. The van der Waals surface area contributed by atoms with Gasteiger partial charge in [0.05, 0.1) is 16.9 Å². The Labute approximate surface area is 174 Å². The molecule has 5 nitrogen and oxygen atoms in total. The van der Waals surface area contributed by atoms with Crippen LogP contribution in [0.15, 0.2) is 36.4 Å². The summed E-state index contributed by atoms with van der Waals surface area (Å²) in [5.41, 5.74) is 1.58. The van der Waals surface area contributed by atoms with E-state index in [0.29, 0.717) is 28.6 Å². The van der Waals surface area contributed by atoms with Crippen LogP contribution in [0.2, 0.25) is 0 Å². The second-order valence-corrected chi connectivity index (χ2v) is 7.50. The van der Waals surface area contributed by atoms with Gasteiger partial charge in [-0.05, 0) is 57.8 Å². The predicted octanol–water partition coefficient (Wildman–Crippen LogP) is 5.07. The summed E-state index contributed by atoms with van der Waals surface area (Å²) in [5.74, 6) is -1.08. The summed E-state index contributed by atoms with van der Waals surface area (Å²) in [5, 5.41) is 10.2. The van der Waals surface area contributed by atoms with Gasteiger partial charge >= 0.3 is 0 Å². The average Bonchev–Trinajstić information content (AvgIpc) is 3.08. The molecule has 30 heavy (non-hydrogen) atoms. The van der Waals surface area contributed by atoms with Crippen LogP contribution in [0.25, 0.3) is 23.1 Å². The molecule has 0 radical (unpaired) electrons. The molecule has 2 aromatic carbocycles. The van der Waals surface area contributed by atoms with Crippen LogP contribution >= 0.6 is 0 Å². The Kier molecular flexibility index (Phi) is 7.30. The number of amides is 1. The van der Waals surface area contributed by atoms with E-state index in [0.717, 1.165) is 25.8 Å². The van der Waals surface area contributed by atoms with Gasteiger partial charge in [0, 0.05) is 23.4 Å². The van der Waals surface area contributed by atoms with Crippen LogP contribution in [0, 0.1) is 11.6 Å². The highest BCUT2D eigenvalue weighted by molar-refractivity contribution is 5.96. The Hall–Kier alpha value is -3.06. The molecule has 1 aromatic heterocycles. The third kappa shape index (κ3) is 5.73. The predicted molar refractivity (Wildman–Crippen MR) is 117 cm³/mol. The maximum absolute atomic E-state index is 14.4. The Morgan fingerprint density at radius 3 is 2.67 bits per heavy atom. The maximum Gasteiger partial charge on any atom is 0.224 e. The quantitative estimate of drug-likeness (QED) is 0.482. The zero-order valence-electron chi connectivity index (χ0n) is 17.2. The van der Waals surface area contributed by atoms with Gasteiger partial charge in [0.25, 0.3) is 0 Å². The van der Waals surface area contributed by atoms with Crippen LogP contribution in [-0.4, -0.2) is 41.6 Å². The molecule has 0 saturated carbocycles. The van der Waals surface area contributed by atoms with Crippen LogP contribution in [0.4, 0.5) is 14.5 Å². The highest BCUT2D eigenvalue weighted by Crippen LogP contribution is 2.26. The van der Waals surface area contributed by atoms with Gasteiger partial charge in [-0.25, -0.2) is 8.78 Å². The number of anilines is 1. The topological polar surface area (TPSA) is 61.0 Å². The van der Waals surface area contributed by atoms with Gasteiger partial charge < -0.3 is 10.2 Å². The maximum atomic E-state index is 14.4. The van der Waals surface area contributed by atoms with E-state index in [4.69, 9.17) is 0 Å². The molecule has 1 amide bonds. The monoisotopic (exact) mass is 412 g/mol. The lowest BCUT2D eigenvalue weighted by molar-refractivity contribution is -0.116.